The summed E-state index contributed by atoms with van der Waals surface area (Å²) in [7, 11) is 0. The molecule has 5 rings (SSSR count). The summed E-state index contributed by atoms with van der Waals surface area (Å²) in [5, 5.41) is 49.6. The fourth-order valence-electron chi connectivity index (χ4n) is 4.40. The lowest BCUT2D eigenvalue weighted by atomic mass is 10.0. The molecule has 0 spiro atoms. The first-order valence-electron chi connectivity index (χ1n) is 11.0. The molecule has 0 atom stereocenters. The minimum atomic E-state index is -3.02. The number of carbonyl (C=O) groups is 2. The van der Waals surface area contributed by atoms with Crippen molar-refractivity contribution in [2.24, 2.45) is 0 Å². The van der Waals surface area contributed by atoms with E-state index in [1.54, 1.807) is 46.2 Å². The van der Waals surface area contributed by atoms with Crippen LogP contribution in [-0.2, 0) is 10.9 Å². The van der Waals surface area contributed by atoms with Crippen LogP contribution in [0.2, 0.25) is 0 Å². The van der Waals surface area contributed by atoms with Gasteiger partial charge in [0.25, 0.3) is 11.8 Å². The van der Waals surface area contributed by atoms with E-state index < -0.39 is 11.7 Å². The number of phenols is 1. The third-order valence-electron chi connectivity index (χ3n) is 6.54. The Kier molecular flexibility index (Phi) is 5.14. The number of phenolic OH excluding ortho intramolecular Hbond substituents is 1. The SMILES string of the molecule is O=C(c1ccc(-c2ccc3c(ccn3C(O)(O)O)c2)c(O)c1)N1CCN(C(=O)C2(O)CC2)CC1. The molecule has 1 aliphatic heterocycles. The number of amides is 2. The van der Waals surface area contributed by atoms with E-state index in [9.17, 15) is 35.1 Å². The topological polar surface area (TPSA) is 147 Å². The average molecular weight is 467 g/mol. The summed E-state index contributed by atoms with van der Waals surface area (Å²) in [5.41, 5.74) is 0.624. The molecule has 10 nitrogen and oxygen atoms in total. The van der Waals surface area contributed by atoms with Gasteiger partial charge in [0.05, 0.1) is 5.52 Å². The summed E-state index contributed by atoms with van der Waals surface area (Å²) in [6, 6.07) is 11.2. The van der Waals surface area contributed by atoms with Gasteiger partial charge in [-0.15, -0.1) is 0 Å². The van der Waals surface area contributed by atoms with E-state index in [-0.39, 0.29) is 17.6 Å². The summed E-state index contributed by atoms with van der Waals surface area (Å²) in [6.45, 7) is 1.40. The Bertz CT molecular complexity index is 1280. The number of hydrogen-bond acceptors (Lipinski definition) is 7. The fraction of sp³-hybridized carbons (Fsp3) is 0.333. The van der Waals surface area contributed by atoms with E-state index >= 15 is 0 Å². The lowest BCUT2D eigenvalue weighted by Gasteiger charge is -2.35. The van der Waals surface area contributed by atoms with Crippen LogP contribution in [0.1, 0.15) is 23.2 Å². The second kappa shape index (κ2) is 7.81. The predicted molar refractivity (Wildman–Crippen MR) is 120 cm³/mol. The molecule has 1 aromatic heterocycles. The van der Waals surface area contributed by atoms with Gasteiger partial charge in [-0.25, -0.2) is 0 Å². The van der Waals surface area contributed by atoms with Crippen molar-refractivity contribution in [3.05, 3.63) is 54.2 Å². The van der Waals surface area contributed by atoms with Gasteiger partial charge < -0.3 is 35.3 Å². The Hall–Kier alpha value is -3.44. The summed E-state index contributed by atoms with van der Waals surface area (Å²) in [6.07, 6.45) is -0.723. The quantitative estimate of drug-likeness (QED) is 0.348. The van der Waals surface area contributed by atoms with E-state index in [2.05, 4.69) is 0 Å². The number of rotatable bonds is 4. The zero-order valence-corrected chi connectivity index (χ0v) is 18.3. The average Bonchev–Trinajstić information content (AvgIpc) is 3.41. The maximum Gasteiger partial charge on any atom is 0.373 e. The zero-order chi connectivity index (χ0) is 24.3. The normalized spacial score (nSPS) is 17.8. The molecule has 2 aliphatic rings. The van der Waals surface area contributed by atoms with E-state index in [1.807, 2.05) is 0 Å². The van der Waals surface area contributed by atoms with Gasteiger partial charge in [0.2, 0.25) is 0 Å². The van der Waals surface area contributed by atoms with Crippen molar-refractivity contribution in [3.63, 3.8) is 0 Å². The predicted octanol–water partition coefficient (Wildman–Crippen LogP) is 0.368. The van der Waals surface area contributed by atoms with Gasteiger partial charge in [-0.2, -0.15) is 0 Å². The Balaban J connectivity index is 1.31. The highest BCUT2D eigenvalue weighted by atomic mass is 16.7. The standard InChI is InChI=1S/C24H25N3O7/c28-20-14-17(21(29)25-9-11-26(12-10-25)22(30)23(31)6-7-23)1-3-18(20)15-2-4-19-16(13-15)5-8-27(19)24(32,33)34/h1-5,8,13-14,28,31-34H,6-7,9-12H2. The minimum absolute atomic E-state index is 0.0878. The van der Waals surface area contributed by atoms with Crippen LogP contribution >= 0.6 is 0 Å². The van der Waals surface area contributed by atoms with Gasteiger partial charge in [0.1, 0.15) is 11.4 Å². The number of aromatic nitrogens is 1. The van der Waals surface area contributed by atoms with Crippen LogP contribution in [0.4, 0.5) is 0 Å². The molecule has 0 radical (unpaired) electrons. The smallest absolute Gasteiger partial charge is 0.373 e. The van der Waals surface area contributed by atoms with Crippen LogP contribution in [0, 0.1) is 0 Å². The monoisotopic (exact) mass is 467 g/mol. The van der Waals surface area contributed by atoms with E-state index in [4.69, 9.17) is 0 Å². The van der Waals surface area contributed by atoms with E-state index in [1.165, 1.54) is 12.3 Å². The molecule has 10 heteroatoms. The third-order valence-corrected chi connectivity index (χ3v) is 6.54. The molecular weight excluding hydrogens is 442 g/mol. The summed E-state index contributed by atoms with van der Waals surface area (Å²) in [5.74, 6) is -0.608. The molecule has 0 unspecified atom stereocenters. The molecule has 3 aromatic rings. The number of carbonyl (C=O) groups excluding carboxylic acids is 2. The summed E-state index contributed by atoms with van der Waals surface area (Å²) >= 11 is 0. The van der Waals surface area contributed by atoms with Crippen molar-refractivity contribution >= 4 is 22.7 Å². The molecule has 2 fully saturated rings. The first-order valence-corrected chi connectivity index (χ1v) is 11.0. The largest absolute Gasteiger partial charge is 0.507 e. The van der Waals surface area contributed by atoms with Crippen LogP contribution in [0.5, 0.6) is 5.75 Å². The number of piperazine rings is 1. The fourth-order valence-corrected chi connectivity index (χ4v) is 4.40. The molecule has 2 aromatic carbocycles. The highest BCUT2D eigenvalue weighted by Crippen LogP contribution is 2.37. The second-order valence-electron chi connectivity index (χ2n) is 8.91. The molecule has 0 bridgehead atoms. The van der Waals surface area contributed by atoms with Gasteiger partial charge in [-0.05, 0) is 54.8 Å². The van der Waals surface area contributed by atoms with Crippen LogP contribution < -0.4 is 0 Å². The maximum atomic E-state index is 12.9. The Labute approximate surface area is 194 Å². The van der Waals surface area contributed by atoms with Crippen molar-refractivity contribution in [2.45, 2.75) is 24.5 Å². The molecule has 2 heterocycles. The van der Waals surface area contributed by atoms with Crippen LogP contribution in [0.25, 0.3) is 22.0 Å². The van der Waals surface area contributed by atoms with Gasteiger partial charge in [0.15, 0.2) is 0 Å². The van der Waals surface area contributed by atoms with Gasteiger partial charge in [-0.1, -0.05) is 6.07 Å². The van der Waals surface area contributed by atoms with Crippen molar-refractivity contribution in [1.82, 2.24) is 14.4 Å². The van der Waals surface area contributed by atoms with Gasteiger partial charge in [0, 0.05) is 48.9 Å². The van der Waals surface area contributed by atoms with Crippen LogP contribution in [0.3, 0.4) is 0 Å². The molecule has 2 amide bonds. The van der Waals surface area contributed by atoms with E-state index in [0.29, 0.717) is 66.6 Å². The van der Waals surface area contributed by atoms with E-state index in [0.717, 1.165) is 4.57 Å². The van der Waals surface area contributed by atoms with Crippen LogP contribution in [0.15, 0.2) is 48.7 Å². The molecule has 5 N–H and O–H groups in total. The van der Waals surface area contributed by atoms with Gasteiger partial charge in [-0.3, -0.25) is 14.2 Å². The van der Waals surface area contributed by atoms with Crippen molar-refractivity contribution in [3.8, 4) is 16.9 Å². The second-order valence-corrected chi connectivity index (χ2v) is 8.91. The first kappa shape index (κ1) is 22.4. The van der Waals surface area contributed by atoms with Crippen molar-refractivity contribution in [1.29, 1.82) is 0 Å². The van der Waals surface area contributed by atoms with Gasteiger partial charge >= 0.3 is 6.10 Å². The molecule has 1 aliphatic carbocycles. The molecule has 34 heavy (non-hydrogen) atoms. The number of aromatic hydroxyl groups is 1. The Morgan fingerprint density at radius 2 is 1.56 bits per heavy atom. The molecule has 1 saturated carbocycles. The summed E-state index contributed by atoms with van der Waals surface area (Å²) in [4.78, 5) is 28.4. The molecular formula is C24H25N3O7. The first-order chi connectivity index (χ1) is 16.1. The van der Waals surface area contributed by atoms with Crippen molar-refractivity contribution in [2.75, 3.05) is 26.2 Å². The lowest BCUT2D eigenvalue weighted by Crippen LogP contribution is -2.53. The molecule has 178 valence electrons. The Morgan fingerprint density at radius 3 is 2.18 bits per heavy atom. The maximum absolute atomic E-state index is 12.9. The summed E-state index contributed by atoms with van der Waals surface area (Å²) < 4.78 is 0.895. The third kappa shape index (κ3) is 3.90. The highest BCUT2D eigenvalue weighted by molar-refractivity contribution is 5.96. The highest BCUT2D eigenvalue weighted by Gasteiger charge is 2.50. The number of benzene rings is 2. The minimum Gasteiger partial charge on any atom is -0.507 e. The number of nitrogens with zero attached hydrogens (tertiary/aromatic N) is 3. The number of hydrogen-bond donors (Lipinski definition) is 5. The number of fused-ring (bicyclic) bond motifs is 1. The molecule has 1 saturated heterocycles. The lowest BCUT2D eigenvalue weighted by molar-refractivity contribution is -0.373. The number of aliphatic hydroxyl groups is 4. The van der Waals surface area contributed by atoms with Crippen LogP contribution in [-0.4, -0.2) is 83.5 Å². The zero-order valence-electron chi connectivity index (χ0n) is 18.3. The van der Waals surface area contributed by atoms with Crippen molar-refractivity contribution < 1.29 is 35.1 Å². The Morgan fingerprint density at radius 1 is 0.882 bits per heavy atom.